The molecule has 0 saturated carbocycles. The van der Waals surface area contributed by atoms with E-state index in [1.165, 1.54) is 0 Å². The molecule has 0 aromatic heterocycles. The monoisotopic (exact) mass is 246 g/mol. The lowest BCUT2D eigenvalue weighted by Gasteiger charge is -2.20. The molecule has 1 atom stereocenters. The largest absolute Gasteiger partial charge is 0.481 e. The molecule has 0 saturated heterocycles. The number of halogens is 3. The van der Waals surface area contributed by atoms with Gasteiger partial charge in [0.25, 0.3) is 0 Å². The Hall–Kier alpha value is -1.52. The Balaban J connectivity index is 3.23. The number of rotatable bonds is 4. The summed E-state index contributed by atoms with van der Waals surface area (Å²) in [7, 11) is 0. The van der Waals surface area contributed by atoms with Crippen LogP contribution in [0.25, 0.3) is 0 Å². The molecule has 0 radical (unpaired) electrons. The number of carboxylic acids is 1. The van der Waals surface area contributed by atoms with Gasteiger partial charge in [0.2, 0.25) is 0 Å². The van der Waals surface area contributed by atoms with Gasteiger partial charge in [-0.25, -0.2) is 13.2 Å². The number of aliphatic carboxylic acids is 1. The number of hydrogen-bond acceptors (Lipinski definition) is 1. The highest BCUT2D eigenvalue weighted by Gasteiger charge is 2.26. The Morgan fingerprint density at radius 1 is 1.24 bits per heavy atom. The van der Waals surface area contributed by atoms with Gasteiger partial charge in [0, 0.05) is 23.6 Å². The van der Waals surface area contributed by atoms with Crippen LogP contribution in [0.15, 0.2) is 12.1 Å². The summed E-state index contributed by atoms with van der Waals surface area (Å²) in [5.74, 6) is -5.31. The smallest absolute Gasteiger partial charge is 0.303 e. The summed E-state index contributed by atoms with van der Waals surface area (Å²) in [6.07, 6.45) is -0.392. The van der Waals surface area contributed by atoms with Crippen LogP contribution in [0, 0.1) is 23.4 Å². The van der Waals surface area contributed by atoms with E-state index in [0.717, 1.165) is 0 Å². The highest BCUT2D eigenvalue weighted by molar-refractivity contribution is 5.68. The van der Waals surface area contributed by atoms with Crippen LogP contribution in [0.5, 0.6) is 0 Å². The Kier molecular flexibility index (Phi) is 4.15. The summed E-state index contributed by atoms with van der Waals surface area (Å²) >= 11 is 0. The van der Waals surface area contributed by atoms with Gasteiger partial charge in [0.1, 0.15) is 17.5 Å². The first kappa shape index (κ1) is 13.5. The molecule has 94 valence electrons. The fourth-order valence-electron chi connectivity index (χ4n) is 1.77. The molecule has 1 aromatic carbocycles. The number of carbonyl (C=O) groups is 1. The number of benzene rings is 1. The quantitative estimate of drug-likeness (QED) is 0.884. The molecule has 0 heterocycles. The van der Waals surface area contributed by atoms with Gasteiger partial charge >= 0.3 is 5.97 Å². The van der Waals surface area contributed by atoms with Gasteiger partial charge in [-0.05, 0) is 5.92 Å². The molecule has 1 unspecified atom stereocenters. The maximum atomic E-state index is 13.5. The van der Waals surface area contributed by atoms with Crippen molar-refractivity contribution in [1.29, 1.82) is 0 Å². The molecule has 0 fully saturated rings. The van der Waals surface area contributed by atoms with E-state index in [1.807, 2.05) is 0 Å². The molecule has 2 nitrogen and oxygen atoms in total. The van der Waals surface area contributed by atoms with Crippen molar-refractivity contribution >= 4 is 5.97 Å². The normalized spacial score (nSPS) is 12.8. The van der Waals surface area contributed by atoms with Crippen molar-refractivity contribution in [2.75, 3.05) is 0 Å². The number of hydrogen-bond donors (Lipinski definition) is 1. The SMILES string of the molecule is CC(C)C(CC(=O)O)c1c(F)cc(F)cc1F. The summed E-state index contributed by atoms with van der Waals surface area (Å²) in [4.78, 5) is 10.7. The minimum absolute atomic E-state index is 0.263. The maximum absolute atomic E-state index is 13.5. The van der Waals surface area contributed by atoms with Crippen LogP contribution in [-0.4, -0.2) is 11.1 Å². The second-order valence-electron chi connectivity index (χ2n) is 4.23. The lowest BCUT2D eigenvalue weighted by atomic mass is 9.85. The molecule has 0 bridgehead atoms. The van der Waals surface area contributed by atoms with Crippen molar-refractivity contribution in [2.24, 2.45) is 5.92 Å². The topological polar surface area (TPSA) is 37.3 Å². The minimum atomic E-state index is -1.15. The second kappa shape index (κ2) is 5.21. The van der Waals surface area contributed by atoms with E-state index in [4.69, 9.17) is 5.11 Å². The van der Waals surface area contributed by atoms with Crippen LogP contribution in [-0.2, 0) is 4.79 Å². The first-order chi connectivity index (χ1) is 7.82. The predicted molar refractivity (Wildman–Crippen MR) is 56.1 cm³/mol. The molecule has 5 heteroatoms. The zero-order chi connectivity index (χ0) is 13.2. The van der Waals surface area contributed by atoms with E-state index in [1.54, 1.807) is 13.8 Å². The lowest BCUT2D eigenvalue weighted by Crippen LogP contribution is -2.15. The summed E-state index contributed by atoms with van der Waals surface area (Å²) in [5.41, 5.74) is -0.358. The first-order valence-corrected chi connectivity index (χ1v) is 5.19. The Labute approximate surface area is 97.1 Å². The molecule has 0 aliphatic carbocycles. The van der Waals surface area contributed by atoms with Crippen LogP contribution in [0.1, 0.15) is 31.7 Å². The molecular formula is C12H13F3O2. The molecule has 0 spiro atoms. The molecule has 1 N–H and O–H groups in total. The third-order valence-electron chi connectivity index (χ3n) is 2.61. The van der Waals surface area contributed by atoms with E-state index in [0.29, 0.717) is 12.1 Å². The van der Waals surface area contributed by atoms with E-state index in [9.17, 15) is 18.0 Å². The maximum Gasteiger partial charge on any atom is 0.303 e. The van der Waals surface area contributed by atoms with Crippen LogP contribution in [0.2, 0.25) is 0 Å². The van der Waals surface area contributed by atoms with Crippen molar-refractivity contribution in [3.63, 3.8) is 0 Å². The van der Waals surface area contributed by atoms with E-state index in [2.05, 4.69) is 0 Å². The van der Waals surface area contributed by atoms with E-state index in [-0.39, 0.29) is 11.5 Å². The third kappa shape index (κ3) is 3.22. The van der Waals surface area contributed by atoms with Crippen molar-refractivity contribution in [2.45, 2.75) is 26.2 Å². The summed E-state index contributed by atoms with van der Waals surface area (Å²) < 4.78 is 39.7. The van der Waals surface area contributed by atoms with Gasteiger partial charge in [0.05, 0.1) is 6.42 Å². The molecule has 1 rings (SSSR count). The fraction of sp³-hybridized carbons (Fsp3) is 0.417. The average molecular weight is 246 g/mol. The lowest BCUT2D eigenvalue weighted by molar-refractivity contribution is -0.137. The van der Waals surface area contributed by atoms with Gasteiger partial charge < -0.3 is 5.11 Å². The second-order valence-corrected chi connectivity index (χ2v) is 4.23. The highest BCUT2D eigenvalue weighted by atomic mass is 19.1. The van der Waals surface area contributed by atoms with Crippen molar-refractivity contribution in [1.82, 2.24) is 0 Å². The molecule has 1 aromatic rings. The molecule has 0 aliphatic heterocycles. The molecule has 0 amide bonds. The Morgan fingerprint density at radius 2 is 1.71 bits per heavy atom. The standard InChI is InChI=1S/C12H13F3O2/c1-6(2)8(5-11(16)17)12-9(14)3-7(13)4-10(12)15/h3-4,6,8H,5H2,1-2H3,(H,16,17). The third-order valence-corrected chi connectivity index (χ3v) is 2.61. The zero-order valence-electron chi connectivity index (χ0n) is 9.51. The molecule has 0 aliphatic rings. The van der Waals surface area contributed by atoms with Gasteiger partial charge in [0.15, 0.2) is 0 Å². The van der Waals surface area contributed by atoms with Gasteiger partial charge in [-0.2, -0.15) is 0 Å². The van der Waals surface area contributed by atoms with Crippen molar-refractivity contribution < 1.29 is 23.1 Å². The van der Waals surface area contributed by atoms with Crippen molar-refractivity contribution in [3.05, 3.63) is 35.1 Å². The van der Waals surface area contributed by atoms with Gasteiger partial charge in [-0.3, -0.25) is 4.79 Å². The van der Waals surface area contributed by atoms with E-state index < -0.39 is 35.8 Å². The summed E-state index contributed by atoms with van der Waals surface area (Å²) in [6.45, 7) is 3.33. The Bertz CT molecular complexity index is 407. The van der Waals surface area contributed by atoms with Crippen LogP contribution in [0.3, 0.4) is 0 Å². The minimum Gasteiger partial charge on any atom is -0.481 e. The van der Waals surface area contributed by atoms with Crippen LogP contribution >= 0.6 is 0 Å². The average Bonchev–Trinajstić information content (AvgIpc) is 2.13. The predicted octanol–water partition coefficient (Wildman–Crippen LogP) is 3.32. The zero-order valence-corrected chi connectivity index (χ0v) is 9.51. The van der Waals surface area contributed by atoms with Crippen molar-refractivity contribution in [3.8, 4) is 0 Å². The summed E-state index contributed by atoms with van der Waals surface area (Å²) in [5, 5.41) is 8.71. The summed E-state index contributed by atoms with van der Waals surface area (Å²) in [6, 6.07) is 1.13. The molecular weight excluding hydrogens is 233 g/mol. The number of carboxylic acid groups (broad SMARTS) is 1. The molecule has 17 heavy (non-hydrogen) atoms. The van der Waals surface area contributed by atoms with E-state index >= 15 is 0 Å². The Morgan fingerprint density at radius 3 is 2.06 bits per heavy atom. The fourth-order valence-corrected chi connectivity index (χ4v) is 1.77. The van der Waals surface area contributed by atoms with Crippen LogP contribution in [0.4, 0.5) is 13.2 Å². The highest BCUT2D eigenvalue weighted by Crippen LogP contribution is 2.32. The first-order valence-electron chi connectivity index (χ1n) is 5.19. The van der Waals surface area contributed by atoms with Crippen LogP contribution < -0.4 is 0 Å². The van der Waals surface area contributed by atoms with Gasteiger partial charge in [-0.15, -0.1) is 0 Å². The van der Waals surface area contributed by atoms with Gasteiger partial charge in [-0.1, -0.05) is 13.8 Å².